The van der Waals surface area contributed by atoms with Crippen molar-refractivity contribution in [1.29, 1.82) is 0 Å². The van der Waals surface area contributed by atoms with Crippen molar-refractivity contribution in [2.75, 3.05) is 24.6 Å². The third-order valence-electron chi connectivity index (χ3n) is 4.96. The number of nitrogens with zero attached hydrogens (tertiary/aromatic N) is 3. The number of hydrogen-bond donors (Lipinski definition) is 1. The van der Waals surface area contributed by atoms with E-state index >= 15 is 0 Å². The van der Waals surface area contributed by atoms with E-state index in [-0.39, 0.29) is 12.0 Å². The molecule has 2 aromatic heterocycles. The van der Waals surface area contributed by atoms with Crippen LogP contribution in [0.1, 0.15) is 18.6 Å². The summed E-state index contributed by atoms with van der Waals surface area (Å²) >= 11 is 0. The Morgan fingerprint density at radius 3 is 3.04 bits per heavy atom. The fraction of sp³-hybridized carbons (Fsp3) is 0.471. The largest absolute Gasteiger partial charge is 0.467 e. The summed E-state index contributed by atoms with van der Waals surface area (Å²) in [6, 6.07) is 3.61. The van der Waals surface area contributed by atoms with E-state index in [0.29, 0.717) is 50.8 Å². The van der Waals surface area contributed by atoms with Gasteiger partial charge in [-0.2, -0.15) is 0 Å². The fourth-order valence-electron chi connectivity index (χ4n) is 3.66. The lowest BCUT2D eigenvalue weighted by Crippen LogP contribution is -2.57. The summed E-state index contributed by atoms with van der Waals surface area (Å²) in [7, 11) is 0. The van der Waals surface area contributed by atoms with E-state index < -0.39 is 11.2 Å². The first-order valence-electron chi connectivity index (χ1n) is 8.32. The summed E-state index contributed by atoms with van der Waals surface area (Å²) in [6.45, 7) is 2.01. The van der Waals surface area contributed by atoms with E-state index in [4.69, 9.17) is 9.15 Å². The van der Waals surface area contributed by atoms with Crippen molar-refractivity contribution in [1.82, 2.24) is 15.3 Å². The van der Waals surface area contributed by atoms with Gasteiger partial charge in [0, 0.05) is 19.7 Å². The van der Waals surface area contributed by atoms with Gasteiger partial charge in [0.1, 0.15) is 5.76 Å². The summed E-state index contributed by atoms with van der Waals surface area (Å²) in [5.74, 6) is 0.603. The molecule has 1 amide bonds. The van der Waals surface area contributed by atoms with Gasteiger partial charge in [-0.15, -0.1) is 0 Å². The summed E-state index contributed by atoms with van der Waals surface area (Å²) in [6.07, 6.45) is 5.08. The minimum absolute atomic E-state index is 0.0572. The first-order chi connectivity index (χ1) is 12.2. The number of piperidine rings is 1. The van der Waals surface area contributed by atoms with Crippen LogP contribution in [0.2, 0.25) is 0 Å². The molecule has 2 atom stereocenters. The predicted octanol–water partition coefficient (Wildman–Crippen LogP) is 1.51. The SMILES string of the molecule is O=C(NCc1ccco1)[C@]12CCO[C@H]1CCN(c1ncc(F)cn1)C2. The number of hydrogen-bond acceptors (Lipinski definition) is 6. The highest BCUT2D eigenvalue weighted by Crippen LogP contribution is 2.41. The number of furan rings is 1. The highest BCUT2D eigenvalue weighted by Gasteiger charge is 2.53. The molecule has 0 unspecified atom stereocenters. The number of carbonyl (C=O) groups excluding carboxylic acids is 1. The van der Waals surface area contributed by atoms with Gasteiger partial charge in [-0.1, -0.05) is 0 Å². The molecule has 8 heteroatoms. The number of aromatic nitrogens is 2. The number of anilines is 1. The van der Waals surface area contributed by atoms with E-state index in [0.717, 1.165) is 12.4 Å². The van der Waals surface area contributed by atoms with Gasteiger partial charge in [-0.3, -0.25) is 4.79 Å². The van der Waals surface area contributed by atoms with Crippen LogP contribution in [-0.4, -0.2) is 41.7 Å². The van der Waals surface area contributed by atoms with Crippen LogP contribution in [0, 0.1) is 11.2 Å². The molecule has 0 saturated carbocycles. The molecule has 2 saturated heterocycles. The van der Waals surface area contributed by atoms with Crippen LogP contribution in [0.4, 0.5) is 10.3 Å². The molecule has 2 aromatic rings. The van der Waals surface area contributed by atoms with Crippen molar-refractivity contribution < 1.29 is 18.3 Å². The molecular formula is C17H19FN4O3. The Bertz CT molecular complexity index is 737. The number of halogens is 1. The van der Waals surface area contributed by atoms with Crippen molar-refractivity contribution in [3.05, 3.63) is 42.4 Å². The van der Waals surface area contributed by atoms with E-state index in [1.54, 1.807) is 12.3 Å². The van der Waals surface area contributed by atoms with Crippen LogP contribution in [0.3, 0.4) is 0 Å². The van der Waals surface area contributed by atoms with Gasteiger partial charge in [-0.25, -0.2) is 14.4 Å². The molecule has 132 valence electrons. The maximum Gasteiger partial charge on any atom is 0.231 e. The maximum atomic E-state index is 13.1. The van der Waals surface area contributed by atoms with Crippen LogP contribution in [0.5, 0.6) is 0 Å². The second-order valence-electron chi connectivity index (χ2n) is 6.44. The van der Waals surface area contributed by atoms with Crippen LogP contribution in [0.25, 0.3) is 0 Å². The summed E-state index contributed by atoms with van der Waals surface area (Å²) in [5, 5.41) is 2.96. The molecule has 0 spiro atoms. The summed E-state index contributed by atoms with van der Waals surface area (Å²) < 4.78 is 24.2. The van der Waals surface area contributed by atoms with E-state index in [9.17, 15) is 9.18 Å². The number of carbonyl (C=O) groups is 1. The normalized spacial score (nSPS) is 25.6. The average Bonchev–Trinajstić information content (AvgIpc) is 3.29. The first-order valence-corrected chi connectivity index (χ1v) is 8.32. The molecule has 0 radical (unpaired) electrons. The zero-order valence-corrected chi connectivity index (χ0v) is 13.7. The minimum Gasteiger partial charge on any atom is -0.467 e. The zero-order chi connectivity index (χ0) is 17.3. The summed E-state index contributed by atoms with van der Waals surface area (Å²) in [4.78, 5) is 23.0. The quantitative estimate of drug-likeness (QED) is 0.904. The number of nitrogens with one attached hydrogen (secondary N) is 1. The minimum atomic E-state index is -0.650. The Balaban J connectivity index is 1.52. The molecule has 4 heterocycles. The lowest BCUT2D eigenvalue weighted by Gasteiger charge is -2.42. The fourth-order valence-corrected chi connectivity index (χ4v) is 3.66. The highest BCUT2D eigenvalue weighted by molar-refractivity contribution is 5.84. The van der Waals surface area contributed by atoms with E-state index in [2.05, 4.69) is 15.3 Å². The van der Waals surface area contributed by atoms with Gasteiger partial charge < -0.3 is 19.4 Å². The molecule has 0 bridgehead atoms. The molecular weight excluding hydrogens is 327 g/mol. The molecule has 7 nitrogen and oxygen atoms in total. The van der Waals surface area contributed by atoms with Gasteiger partial charge in [0.15, 0.2) is 5.82 Å². The van der Waals surface area contributed by atoms with Crippen molar-refractivity contribution in [2.24, 2.45) is 5.41 Å². The molecule has 1 N–H and O–H groups in total. The van der Waals surface area contributed by atoms with Crippen molar-refractivity contribution in [2.45, 2.75) is 25.5 Å². The molecule has 2 aliphatic rings. The molecule has 0 aliphatic carbocycles. The highest BCUT2D eigenvalue weighted by atomic mass is 19.1. The molecule has 25 heavy (non-hydrogen) atoms. The first kappa shape index (κ1) is 16.0. The molecule has 2 fully saturated rings. The lowest BCUT2D eigenvalue weighted by molar-refractivity contribution is -0.135. The monoisotopic (exact) mass is 346 g/mol. The number of fused-ring (bicyclic) bond motifs is 1. The second kappa shape index (κ2) is 6.44. The van der Waals surface area contributed by atoms with Crippen LogP contribution in [0.15, 0.2) is 35.2 Å². The Morgan fingerprint density at radius 2 is 2.28 bits per heavy atom. The Kier molecular flexibility index (Phi) is 4.12. The zero-order valence-electron chi connectivity index (χ0n) is 13.7. The van der Waals surface area contributed by atoms with Gasteiger partial charge >= 0.3 is 0 Å². The maximum absolute atomic E-state index is 13.1. The molecule has 2 aliphatic heterocycles. The molecule has 4 rings (SSSR count). The van der Waals surface area contributed by atoms with Gasteiger partial charge in [0.2, 0.25) is 11.9 Å². The van der Waals surface area contributed by atoms with Gasteiger partial charge in [0.25, 0.3) is 0 Å². The van der Waals surface area contributed by atoms with Crippen molar-refractivity contribution >= 4 is 11.9 Å². The summed E-state index contributed by atoms with van der Waals surface area (Å²) in [5.41, 5.74) is -0.650. The number of rotatable bonds is 4. The van der Waals surface area contributed by atoms with Crippen LogP contribution < -0.4 is 10.2 Å². The smallest absolute Gasteiger partial charge is 0.231 e. The average molecular weight is 346 g/mol. The van der Waals surface area contributed by atoms with Crippen molar-refractivity contribution in [3.63, 3.8) is 0 Å². The number of amides is 1. The van der Waals surface area contributed by atoms with E-state index in [1.165, 1.54) is 0 Å². The second-order valence-corrected chi connectivity index (χ2v) is 6.44. The number of ether oxygens (including phenoxy) is 1. The Hall–Kier alpha value is -2.48. The van der Waals surface area contributed by atoms with E-state index in [1.807, 2.05) is 11.0 Å². The molecule has 0 aromatic carbocycles. The third kappa shape index (κ3) is 2.97. The Labute approximate surface area is 144 Å². The lowest BCUT2D eigenvalue weighted by atomic mass is 9.75. The Morgan fingerprint density at radius 1 is 1.44 bits per heavy atom. The predicted molar refractivity (Wildman–Crippen MR) is 86.2 cm³/mol. The third-order valence-corrected chi connectivity index (χ3v) is 4.96. The standard InChI is InChI=1S/C17H19FN4O3/c18-12-8-20-16(21-9-12)22-5-3-14-17(11-22,4-7-25-14)15(23)19-10-13-2-1-6-24-13/h1-2,6,8-9,14H,3-5,7,10-11H2,(H,19,23)/t14-,17-/m0/s1. The van der Waals surface area contributed by atoms with Crippen molar-refractivity contribution in [3.8, 4) is 0 Å². The topological polar surface area (TPSA) is 80.5 Å². The van der Waals surface area contributed by atoms with Crippen LogP contribution >= 0.6 is 0 Å². The van der Waals surface area contributed by atoms with Gasteiger partial charge in [0.05, 0.1) is 36.7 Å². The van der Waals surface area contributed by atoms with Gasteiger partial charge in [-0.05, 0) is 25.0 Å². The van der Waals surface area contributed by atoms with Crippen LogP contribution in [-0.2, 0) is 16.1 Å².